The van der Waals surface area contributed by atoms with Gasteiger partial charge in [0.05, 0.1) is 16.1 Å². The Morgan fingerprint density at radius 3 is 2.96 bits per heavy atom. The van der Waals surface area contributed by atoms with E-state index in [4.69, 9.17) is 11.6 Å². The Kier molecular flexibility index (Phi) is 4.47. The number of aromatic nitrogens is 3. The Morgan fingerprint density at radius 2 is 2.11 bits per heavy atom. The van der Waals surface area contributed by atoms with Crippen LogP contribution < -0.4 is 5.56 Å². The van der Waals surface area contributed by atoms with Crippen LogP contribution in [0.1, 0.15) is 34.8 Å². The summed E-state index contributed by atoms with van der Waals surface area (Å²) < 4.78 is 0. The van der Waals surface area contributed by atoms with Crippen LogP contribution in [0.15, 0.2) is 27.0 Å². The Labute approximate surface area is 172 Å². The van der Waals surface area contributed by atoms with Crippen LogP contribution in [0, 0.1) is 0 Å². The summed E-state index contributed by atoms with van der Waals surface area (Å²) in [6, 6.07) is 2.05. The molecule has 1 N–H and O–H groups in total. The minimum atomic E-state index is -0.0989. The lowest BCUT2D eigenvalue weighted by molar-refractivity contribution is 0.700. The molecule has 0 aliphatic heterocycles. The normalized spacial score (nSPS) is 14.6. The number of rotatable bonds is 3. The van der Waals surface area contributed by atoms with Crippen molar-refractivity contribution < 1.29 is 0 Å². The first-order valence-corrected chi connectivity index (χ1v) is 11.6. The SMILES string of the molecule is O=c1[nH]c(/C(Cl)=C/c2csc(-c3ccsc3)n2)nc2sc3c(c12)CCCC3. The van der Waals surface area contributed by atoms with Crippen molar-refractivity contribution in [3.8, 4) is 10.6 Å². The van der Waals surface area contributed by atoms with Gasteiger partial charge in [0, 0.05) is 21.2 Å². The van der Waals surface area contributed by atoms with E-state index in [1.807, 2.05) is 16.8 Å². The van der Waals surface area contributed by atoms with Crippen molar-refractivity contribution in [3.63, 3.8) is 0 Å². The fourth-order valence-corrected chi connectivity index (χ4v) is 6.30. The first-order chi connectivity index (χ1) is 13.2. The van der Waals surface area contributed by atoms with Crippen LogP contribution in [0.2, 0.25) is 0 Å². The molecule has 27 heavy (non-hydrogen) atoms. The first kappa shape index (κ1) is 17.3. The van der Waals surface area contributed by atoms with Crippen LogP contribution in [0.3, 0.4) is 0 Å². The van der Waals surface area contributed by atoms with Gasteiger partial charge in [-0.1, -0.05) is 11.6 Å². The van der Waals surface area contributed by atoms with E-state index >= 15 is 0 Å². The molecule has 4 nitrogen and oxygen atoms in total. The van der Waals surface area contributed by atoms with Gasteiger partial charge in [0.1, 0.15) is 9.84 Å². The lowest BCUT2D eigenvalue weighted by Crippen LogP contribution is -2.12. The number of hydrogen-bond donors (Lipinski definition) is 1. The second kappa shape index (κ2) is 6.98. The van der Waals surface area contributed by atoms with Crippen LogP contribution in [0.4, 0.5) is 0 Å². The van der Waals surface area contributed by atoms with E-state index in [1.54, 1.807) is 40.1 Å². The van der Waals surface area contributed by atoms with Crippen LogP contribution in [0.25, 0.3) is 31.9 Å². The summed E-state index contributed by atoms with van der Waals surface area (Å²) in [5.41, 5.74) is 2.96. The molecule has 1 aliphatic rings. The van der Waals surface area contributed by atoms with Crippen molar-refractivity contribution in [1.29, 1.82) is 0 Å². The van der Waals surface area contributed by atoms with Crippen molar-refractivity contribution in [2.24, 2.45) is 0 Å². The number of fused-ring (bicyclic) bond motifs is 3. The van der Waals surface area contributed by atoms with Gasteiger partial charge in [-0.05, 0) is 48.8 Å². The van der Waals surface area contributed by atoms with Crippen molar-refractivity contribution in [2.75, 3.05) is 0 Å². The van der Waals surface area contributed by atoms with Crippen LogP contribution >= 0.6 is 45.6 Å². The molecule has 0 fully saturated rings. The van der Waals surface area contributed by atoms with Gasteiger partial charge >= 0.3 is 0 Å². The van der Waals surface area contributed by atoms with Gasteiger partial charge in [-0.2, -0.15) is 11.3 Å². The highest BCUT2D eigenvalue weighted by molar-refractivity contribution is 7.18. The fraction of sp³-hybridized carbons (Fsp3) is 0.211. The van der Waals surface area contributed by atoms with Gasteiger partial charge in [-0.25, -0.2) is 9.97 Å². The van der Waals surface area contributed by atoms with E-state index in [2.05, 4.69) is 20.3 Å². The summed E-state index contributed by atoms with van der Waals surface area (Å²) >= 11 is 11.3. The van der Waals surface area contributed by atoms with Gasteiger partial charge in [0.15, 0.2) is 5.82 Å². The standard InChI is InChI=1S/C19H14ClN3OS3/c20-13(7-11-9-26-18(21-11)10-5-6-25-8-10)16-22-17(24)15-12-3-1-2-4-14(12)27-19(15)23-16/h5-9H,1-4H2,(H,22,23,24)/b13-7-. The number of thiophene rings is 2. The zero-order valence-corrected chi connectivity index (χ0v) is 17.3. The zero-order valence-electron chi connectivity index (χ0n) is 14.1. The molecule has 5 rings (SSSR count). The predicted molar refractivity (Wildman–Crippen MR) is 116 cm³/mol. The molecule has 0 amide bonds. The Balaban J connectivity index is 1.53. The number of aryl methyl sites for hydroxylation is 2. The summed E-state index contributed by atoms with van der Waals surface area (Å²) in [5, 5.41) is 8.15. The molecule has 0 saturated heterocycles. The highest BCUT2D eigenvalue weighted by atomic mass is 35.5. The van der Waals surface area contributed by atoms with Gasteiger partial charge in [-0.3, -0.25) is 4.79 Å². The van der Waals surface area contributed by atoms with Gasteiger partial charge in [0.25, 0.3) is 5.56 Å². The van der Waals surface area contributed by atoms with Gasteiger partial charge < -0.3 is 4.98 Å². The molecule has 4 aromatic rings. The Bertz CT molecular complexity index is 1220. The summed E-state index contributed by atoms with van der Waals surface area (Å²) in [7, 11) is 0. The summed E-state index contributed by atoms with van der Waals surface area (Å²) in [5.74, 6) is 0.401. The molecule has 0 unspecified atom stereocenters. The minimum Gasteiger partial charge on any atom is -0.305 e. The van der Waals surface area contributed by atoms with E-state index in [0.29, 0.717) is 10.9 Å². The Morgan fingerprint density at radius 1 is 1.22 bits per heavy atom. The van der Waals surface area contributed by atoms with E-state index in [1.165, 1.54) is 16.9 Å². The highest BCUT2D eigenvalue weighted by Crippen LogP contribution is 2.34. The molecule has 1 aliphatic carbocycles. The summed E-state index contributed by atoms with van der Waals surface area (Å²) in [6.45, 7) is 0. The number of nitrogens with one attached hydrogen (secondary N) is 1. The number of halogens is 1. The van der Waals surface area contributed by atoms with Crippen molar-refractivity contribution in [2.45, 2.75) is 25.7 Å². The molecule has 0 saturated carbocycles. The van der Waals surface area contributed by atoms with Crippen molar-refractivity contribution in [1.82, 2.24) is 15.0 Å². The summed E-state index contributed by atoms with van der Waals surface area (Å²) in [4.78, 5) is 26.8. The third kappa shape index (κ3) is 3.18. The first-order valence-electron chi connectivity index (χ1n) is 8.59. The number of aromatic amines is 1. The largest absolute Gasteiger partial charge is 0.305 e. The van der Waals surface area contributed by atoms with Gasteiger partial charge in [-0.15, -0.1) is 22.7 Å². The van der Waals surface area contributed by atoms with Gasteiger partial charge in [0.2, 0.25) is 0 Å². The van der Waals surface area contributed by atoms with E-state index in [-0.39, 0.29) is 5.56 Å². The topological polar surface area (TPSA) is 58.6 Å². The minimum absolute atomic E-state index is 0.0989. The maximum absolute atomic E-state index is 12.7. The molecule has 0 bridgehead atoms. The fourth-order valence-electron chi connectivity index (χ4n) is 3.35. The lowest BCUT2D eigenvalue weighted by atomic mass is 9.97. The molecule has 4 aromatic heterocycles. The predicted octanol–water partition coefficient (Wildman–Crippen LogP) is 5.79. The molecule has 0 spiro atoms. The van der Waals surface area contributed by atoms with Crippen LogP contribution in [-0.4, -0.2) is 15.0 Å². The molecule has 0 aromatic carbocycles. The average molecular weight is 432 g/mol. The third-order valence-corrected chi connectivity index (χ3v) is 7.68. The molecular formula is C19H14ClN3OS3. The van der Waals surface area contributed by atoms with Crippen molar-refractivity contribution in [3.05, 3.63) is 54.5 Å². The molecule has 136 valence electrons. The molecule has 0 atom stereocenters. The summed E-state index contributed by atoms with van der Waals surface area (Å²) in [6.07, 6.45) is 6.08. The zero-order chi connectivity index (χ0) is 18.4. The quantitative estimate of drug-likeness (QED) is 0.447. The third-order valence-electron chi connectivity index (χ3n) is 4.62. The number of H-pyrrole nitrogens is 1. The maximum atomic E-state index is 12.7. The molecule has 4 heterocycles. The molecule has 8 heteroatoms. The monoisotopic (exact) mass is 431 g/mol. The van der Waals surface area contributed by atoms with E-state index < -0.39 is 0 Å². The van der Waals surface area contributed by atoms with E-state index in [9.17, 15) is 4.79 Å². The van der Waals surface area contributed by atoms with Crippen molar-refractivity contribution >= 4 is 66.9 Å². The Hall–Kier alpha value is -1.80. The number of nitrogens with zero attached hydrogens (tertiary/aromatic N) is 2. The lowest BCUT2D eigenvalue weighted by Gasteiger charge is -2.09. The molecular weight excluding hydrogens is 418 g/mol. The highest BCUT2D eigenvalue weighted by Gasteiger charge is 2.20. The maximum Gasteiger partial charge on any atom is 0.260 e. The van der Waals surface area contributed by atoms with Crippen LogP contribution in [0.5, 0.6) is 0 Å². The average Bonchev–Trinajstić information content (AvgIpc) is 3.40. The van der Waals surface area contributed by atoms with Crippen LogP contribution in [-0.2, 0) is 12.8 Å². The smallest absolute Gasteiger partial charge is 0.260 e. The van der Waals surface area contributed by atoms with E-state index in [0.717, 1.165) is 45.7 Å². The second-order valence-corrected chi connectivity index (χ2v) is 9.52. The number of hydrogen-bond acceptors (Lipinski definition) is 6. The second-order valence-electron chi connectivity index (χ2n) is 6.39. The molecule has 0 radical (unpaired) electrons. The number of thiazole rings is 1.